The summed E-state index contributed by atoms with van der Waals surface area (Å²) in [7, 11) is 0. The van der Waals surface area contributed by atoms with Crippen LogP contribution in [-0.2, 0) is 6.42 Å². The molecule has 0 spiro atoms. The molecule has 2 heterocycles. The van der Waals surface area contributed by atoms with Crippen LogP contribution in [0.5, 0.6) is 0 Å². The van der Waals surface area contributed by atoms with E-state index in [4.69, 9.17) is 4.98 Å². The second-order valence-corrected chi connectivity index (χ2v) is 7.56. The molecule has 2 aromatic rings. The zero-order chi connectivity index (χ0) is 14.4. The van der Waals surface area contributed by atoms with Gasteiger partial charge in [0.05, 0.1) is 5.69 Å². The van der Waals surface area contributed by atoms with Crippen LogP contribution in [-0.4, -0.2) is 33.5 Å². The van der Waals surface area contributed by atoms with Crippen molar-refractivity contribution in [3.8, 4) is 0 Å². The summed E-state index contributed by atoms with van der Waals surface area (Å²) in [5.41, 5.74) is 1.20. The van der Waals surface area contributed by atoms with Crippen molar-refractivity contribution < 1.29 is 0 Å². The number of fused-ring (bicyclic) bond motifs is 1. The Bertz CT molecular complexity index is 475. The van der Waals surface area contributed by atoms with Gasteiger partial charge in [-0.05, 0) is 24.6 Å². The first-order valence-corrected chi connectivity index (χ1v) is 9.44. The molecule has 0 aromatic carbocycles. The minimum absolute atomic E-state index is 0.531. The number of nitrogens with zero attached hydrogens (tertiary/aromatic N) is 2. The topological polar surface area (TPSA) is 29.3 Å². The van der Waals surface area contributed by atoms with Crippen molar-refractivity contribution >= 4 is 28.1 Å². The molecule has 0 fully saturated rings. The summed E-state index contributed by atoms with van der Waals surface area (Å²) in [6, 6.07) is 0.531. The number of rotatable bonds is 9. The standard InChI is InChI=1S/C15H25N3S2/c1-4-5-16-14(11-19-10-12(2)3)8-13-9-18-6-7-20-15(18)17-13/h6-7,9,12,14,16H,4-5,8,10-11H2,1-3H3. The van der Waals surface area contributed by atoms with E-state index < -0.39 is 0 Å². The average molecular weight is 312 g/mol. The van der Waals surface area contributed by atoms with Gasteiger partial charge in [-0.15, -0.1) is 11.3 Å². The van der Waals surface area contributed by atoms with Crippen LogP contribution in [0.4, 0.5) is 0 Å². The Balaban J connectivity index is 1.89. The molecule has 0 saturated carbocycles. The molecule has 0 aliphatic rings. The second kappa shape index (κ2) is 8.05. The van der Waals surface area contributed by atoms with E-state index in [0.29, 0.717) is 6.04 Å². The van der Waals surface area contributed by atoms with Crippen molar-refractivity contribution in [3.05, 3.63) is 23.5 Å². The van der Waals surface area contributed by atoms with Crippen molar-refractivity contribution in [1.82, 2.24) is 14.7 Å². The Morgan fingerprint density at radius 2 is 2.25 bits per heavy atom. The fourth-order valence-corrected chi connectivity index (χ4v) is 3.96. The fraction of sp³-hybridized carbons (Fsp3) is 0.667. The van der Waals surface area contributed by atoms with Crippen molar-refractivity contribution in [2.45, 2.75) is 39.7 Å². The quantitative estimate of drug-likeness (QED) is 0.766. The van der Waals surface area contributed by atoms with E-state index in [0.717, 1.165) is 23.8 Å². The molecule has 1 unspecified atom stereocenters. The molecule has 0 aliphatic carbocycles. The summed E-state index contributed by atoms with van der Waals surface area (Å²) < 4.78 is 2.12. The van der Waals surface area contributed by atoms with Crippen LogP contribution in [0.15, 0.2) is 17.8 Å². The maximum atomic E-state index is 4.70. The third-order valence-electron chi connectivity index (χ3n) is 3.05. The van der Waals surface area contributed by atoms with Crippen molar-refractivity contribution in [2.24, 2.45) is 5.92 Å². The van der Waals surface area contributed by atoms with Crippen LogP contribution in [0.3, 0.4) is 0 Å². The van der Waals surface area contributed by atoms with E-state index >= 15 is 0 Å². The monoisotopic (exact) mass is 311 g/mol. The summed E-state index contributed by atoms with van der Waals surface area (Å²) in [6.45, 7) is 7.88. The van der Waals surface area contributed by atoms with E-state index in [1.54, 1.807) is 11.3 Å². The molecule has 2 rings (SSSR count). The Kier molecular flexibility index (Phi) is 6.39. The molecule has 0 radical (unpaired) electrons. The van der Waals surface area contributed by atoms with Crippen molar-refractivity contribution in [2.75, 3.05) is 18.1 Å². The Hall–Kier alpha value is -0.520. The lowest BCUT2D eigenvalue weighted by atomic mass is 10.2. The van der Waals surface area contributed by atoms with Gasteiger partial charge in [0.1, 0.15) is 0 Å². The summed E-state index contributed by atoms with van der Waals surface area (Å²) in [6.07, 6.45) is 6.46. The predicted octanol–water partition coefficient (Wildman–Crippen LogP) is 3.70. The normalized spacial score (nSPS) is 13.4. The lowest BCUT2D eigenvalue weighted by molar-refractivity contribution is 0.545. The first-order valence-electron chi connectivity index (χ1n) is 7.41. The molecule has 1 N–H and O–H groups in total. The fourth-order valence-electron chi connectivity index (χ4n) is 2.11. The van der Waals surface area contributed by atoms with Gasteiger partial charge in [0, 0.05) is 36.0 Å². The number of imidazole rings is 1. The van der Waals surface area contributed by atoms with Crippen LogP contribution in [0.2, 0.25) is 0 Å². The van der Waals surface area contributed by atoms with E-state index in [1.807, 2.05) is 0 Å². The molecule has 1 atom stereocenters. The lowest BCUT2D eigenvalue weighted by Crippen LogP contribution is -2.34. The van der Waals surface area contributed by atoms with Crippen LogP contribution >= 0.6 is 23.1 Å². The largest absolute Gasteiger partial charge is 0.313 e. The third-order valence-corrected chi connectivity index (χ3v) is 5.36. The second-order valence-electron chi connectivity index (χ2n) is 5.61. The smallest absolute Gasteiger partial charge is 0.193 e. The molecule has 0 bridgehead atoms. The van der Waals surface area contributed by atoms with E-state index in [-0.39, 0.29) is 0 Å². The molecule has 0 aliphatic heterocycles. The number of aromatic nitrogens is 2. The van der Waals surface area contributed by atoms with E-state index in [1.165, 1.54) is 23.6 Å². The Labute approximate surface area is 130 Å². The summed E-state index contributed by atoms with van der Waals surface area (Å²) in [4.78, 5) is 5.80. The van der Waals surface area contributed by atoms with Crippen LogP contribution in [0.1, 0.15) is 32.9 Å². The first-order chi connectivity index (χ1) is 9.69. The first kappa shape index (κ1) is 15.9. The minimum atomic E-state index is 0.531. The number of hydrogen-bond acceptors (Lipinski definition) is 4. The number of hydrogen-bond donors (Lipinski definition) is 1. The molecular formula is C15H25N3S2. The van der Waals surface area contributed by atoms with Gasteiger partial charge in [-0.2, -0.15) is 11.8 Å². The molecule has 0 saturated heterocycles. The van der Waals surface area contributed by atoms with Gasteiger partial charge in [-0.25, -0.2) is 4.98 Å². The molecule has 0 amide bonds. The summed E-state index contributed by atoms with van der Waals surface area (Å²) in [5.74, 6) is 3.18. The molecule has 2 aromatic heterocycles. The third kappa shape index (κ3) is 4.79. The van der Waals surface area contributed by atoms with Crippen LogP contribution in [0, 0.1) is 5.92 Å². The molecular weight excluding hydrogens is 286 g/mol. The zero-order valence-corrected chi connectivity index (χ0v) is 14.3. The van der Waals surface area contributed by atoms with Gasteiger partial charge in [0.2, 0.25) is 0 Å². The Morgan fingerprint density at radius 3 is 2.95 bits per heavy atom. The minimum Gasteiger partial charge on any atom is -0.313 e. The van der Waals surface area contributed by atoms with Crippen molar-refractivity contribution in [3.63, 3.8) is 0 Å². The maximum Gasteiger partial charge on any atom is 0.193 e. The van der Waals surface area contributed by atoms with Gasteiger partial charge < -0.3 is 5.32 Å². The highest BCUT2D eigenvalue weighted by Gasteiger charge is 2.12. The van der Waals surface area contributed by atoms with Gasteiger partial charge in [-0.3, -0.25) is 4.40 Å². The maximum absolute atomic E-state index is 4.70. The number of thioether (sulfide) groups is 1. The SMILES string of the molecule is CCCNC(CSCC(C)C)Cc1cn2ccsc2n1. The predicted molar refractivity (Wildman–Crippen MR) is 91.0 cm³/mol. The zero-order valence-electron chi connectivity index (χ0n) is 12.6. The average Bonchev–Trinajstić information content (AvgIpc) is 2.96. The number of nitrogens with one attached hydrogen (secondary N) is 1. The Morgan fingerprint density at radius 1 is 1.40 bits per heavy atom. The lowest BCUT2D eigenvalue weighted by Gasteiger charge is -2.17. The highest BCUT2D eigenvalue weighted by Crippen LogP contribution is 2.15. The van der Waals surface area contributed by atoms with Crippen LogP contribution in [0.25, 0.3) is 4.96 Å². The molecule has 20 heavy (non-hydrogen) atoms. The molecule has 5 heteroatoms. The summed E-state index contributed by atoms with van der Waals surface area (Å²) >= 11 is 3.75. The van der Waals surface area contributed by atoms with Crippen molar-refractivity contribution in [1.29, 1.82) is 0 Å². The molecule has 3 nitrogen and oxygen atoms in total. The van der Waals surface area contributed by atoms with Crippen LogP contribution < -0.4 is 5.32 Å². The van der Waals surface area contributed by atoms with E-state index in [2.05, 4.69) is 60.0 Å². The van der Waals surface area contributed by atoms with Gasteiger partial charge in [0.25, 0.3) is 0 Å². The highest BCUT2D eigenvalue weighted by atomic mass is 32.2. The summed E-state index contributed by atoms with van der Waals surface area (Å²) in [5, 5.41) is 5.74. The highest BCUT2D eigenvalue weighted by molar-refractivity contribution is 7.99. The van der Waals surface area contributed by atoms with E-state index in [9.17, 15) is 0 Å². The van der Waals surface area contributed by atoms with Gasteiger partial charge >= 0.3 is 0 Å². The number of thiazole rings is 1. The van der Waals surface area contributed by atoms with Gasteiger partial charge in [-0.1, -0.05) is 20.8 Å². The van der Waals surface area contributed by atoms with Gasteiger partial charge in [0.15, 0.2) is 4.96 Å². The molecule has 112 valence electrons.